The Hall–Kier alpha value is -3.81. The molecule has 1 aromatic carbocycles. The number of hydrogen-bond donors (Lipinski definition) is 2. The summed E-state index contributed by atoms with van der Waals surface area (Å²) in [5.41, 5.74) is 1.77. The summed E-state index contributed by atoms with van der Waals surface area (Å²) in [6.07, 6.45) is 6.53. The number of rotatable bonds is 10. The summed E-state index contributed by atoms with van der Waals surface area (Å²) in [7, 11) is 0. The first kappa shape index (κ1) is 26.8. The van der Waals surface area contributed by atoms with Gasteiger partial charge in [-0.25, -0.2) is 0 Å². The van der Waals surface area contributed by atoms with E-state index >= 15 is 0 Å². The molecule has 190 valence electrons. The van der Waals surface area contributed by atoms with Gasteiger partial charge in [-0.15, -0.1) is 0 Å². The van der Waals surface area contributed by atoms with Crippen LogP contribution in [0.1, 0.15) is 37.9 Å². The van der Waals surface area contributed by atoms with Gasteiger partial charge in [0.15, 0.2) is 0 Å². The molecule has 2 aromatic rings. The van der Waals surface area contributed by atoms with Gasteiger partial charge >= 0.3 is 0 Å². The normalized spacial score (nSPS) is 15.0. The number of amides is 3. The summed E-state index contributed by atoms with van der Waals surface area (Å²) >= 11 is 0. The number of aromatic nitrogens is 1. The van der Waals surface area contributed by atoms with Crippen LogP contribution >= 0.6 is 0 Å². The standard InChI is InChI=1S/C28H34N4O4/c1-20(2)25(26(34)28(36)30-17-13-23-10-6-7-16-29-23)31-27(35)22-14-18-32(19-15-22)24(33)12-11-21-8-4-3-5-9-21/h3-12,16,20,22,25H,13-15,17-19H2,1-2H3,(H,30,36)(H,31,35). The van der Waals surface area contributed by atoms with Gasteiger partial charge in [-0.1, -0.05) is 50.2 Å². The Morgan fingerprint density at radius 1 is 1.03 bits per heavy atom. The Balaban J connectivity index is 1.46. The van der Waals surface area contributed by atoms with E-state index in [1.165, 1.54) is 0 Å². The second kappa shape index (κ2) is 13.3. The Kier molecular flexibility index (Phi) is 9.92. The molecule has 1 atom stereocenters. The van der Waals surface area contributed by atoms with Crippen LogP contribution in [0.4, 0.5) is 0 Å². The van der Waals surface area contributed by atoms with Crippen LogP contribution in [0.2, 0.25) is 0 Å². The summed E-state index contributed by atoms with van der Waals surface area (Å²) in [5, 5.41) is 5.42. The van der Waals surface area contributed by atoms with Gasteiger partial charge in [-0.05, 0) is 42.5 Å². The molecule has 1 saturated heterocycles. The second-order valence-corrected chi connectivity index (χ2v) is 9.27. The van der Waals surface area contributed by atoms with Crippen molar-refractivity contribution in [3.8, 4) is 0 Å². The van der Waals surface area contributed by atoms with Crippen molar-refractivity contribution in [3.63, 3.8) is 0 Å². The summed E-state index contributed by atoms with van der Waals surface area (Å²) in [4.78, 5) is 56.5. The van der Waals surface area contributed by atoms with Gasteiger partial charge in [-0.3, -0.25) is 24.2 Å². The van der Waals surface area contributed by atoms with Crippen LogP contribution in [0.5, 0.6) is 0 Å². The van der Waals surface area contributed by atoms with E-state index in [0.717, 1.165) is 11.3 Å². The minimum absolute atomic E-state index is 0.0877. The third-order valence-corrected chi connectivity index (χ3v) is 6.26. The number of carbonyl (C=O) groups excluding carboxylic acids is 4. The van der Waals surface area contributed by atoms with Crippen LogP contribution in [-0.4, -0.2) is 59.1 Å². The van der Waals surface area contributed by atoms with Crippen LogP contribution in [0.3, 0.4) is 0 Å². The maximum Gasteiger partial charge on any atom is 0.289 e. The summed E-state index contributed by atoms with van der Waals surface area (Å²) in [6.45, 7) is 4.80. The zero-order valence-electron chi connectivity index (χ0n) is 20.9. The van der Waals surface area contributed by atoms with Gasteiger partial charge in [0, 0.05) is 49.9 Å². The van der Waals surface area contributed by atoms with E-state index in [4.69, 9.17) is 0 Å². The lowest BCUT2D eigenvalue weighted by atomic mass is 9.93. The lowest BCUT2D eigenvalue weighted by Gasteiger charge is -2.32. The van der Waals surface area contributed by atoms with Crippen molar-refractivity contribution < 1.29 is 19.2 Å². The van der Waals surface area contributed by atoms with Crippen molar-refractivity contribution in [1.82, 2.24) is 20.5 Å². The number of benzene rings is 1. The van der Waals surface area contributed by atoms with E-state index in [0.29, 0.717) is 32.4 Å². The largest absolute Gasteiger partial charge is 0.349 e. The Bertz CT molecular complexity index is 1060. The highest BCUT2D eigenvalue weighted by atomic mass is 16.2. The number of piperidine rings is 1. The molecule has 3 rings (SSSR count). The Morgan fingerprint density at radius 3 is 2.36 bits per heavy atom. The first-order chi connectivity index (χ1) is 17.3. The topological polar surface area (TPSA) is 108 Å². The van der Waals surface area contributed by atoms with E-state index in [1.54, 1.807) is 37.1 Å². The van der Waals surface area contributed by atoms with Gasteiger partial charge in [0.05, 0.1) is 6.04 Å². The number of hydrogen-bond acceptors (Lipinski definition) is 5. The molecule has 1 fully saturated rings. The number of nitrogens with one attached hydrogen (secondary N) is 2. The molecule has 1 unspecified atom stereocenters. The van der Waals surface area contributed by atoms with E-state index in [2.05, 4.69) is 15.6 Å². The van der Waals surface area contributed by atoms with E-state index in [9.17, 15) is 19.2 Å². The first-order valence-corrected chi connectivity index (χ1v) is 12.4. The molecule has 1 aliphatic rings. The highest BCUT2D eigenvalue weighted by Gasteiger charge is 2.33. The molecule has 1 aliphatic heterocycles. The predicted molar refractivity (Wildman–Crippen MR) is 138 cm³/mol. The van der Waals surface area contributed by atoms with E-state index in [-0.39, 0.29) is 30.2 Å². The molecule has 0 aliphatic carbocycles. The van der Waals surface area contributed by atoms with Gasteiger partial charge < -0.3 is 15.5 Å². The van der Waals surface area contributed by atoms with Gasteiger partial charge in [-0.2, -0.15) is 0 Å². The summed E-state index contributed by atoms with van der Waals surface area (Å²) in [5.74, 6) is -2.26. The lowest BCUT2D eigenvalue weighted by Crippen LogP contribution is -2.53. The summed E-state index contributed by atoms with van der Waals surface area (Å²) < 4.78 is 0. The molecule has 0 saturated carbocycles. The van der Waals surface area contributed by atoms with Crippen LogP contribution in [0.25, 0.3) is 6.08 Å². The van der Waals surface area contributed by atoms with Crippen LogP contribution < -0.4 is 10.6 Å². The maximum absolute atomic E-state index is 12.9. The number of carbonyl (C=O) groups is 4. The zero-order valence-corrected chi connectivity index (χ0v) is 20.9. The molecule has 2 heterocycles. The zero-order chi connectivity index (χ0) is 25.9. The number of likely N-dealkylation sites (tertiary alicyclic amines) is 1. The molecular weight excluding hydrogens is 456 g/mol. The molecule has 8 nitrogen and oxygen atoms in total. The third-order valence-electron chi connectivity index (χ3n) is 6.26. The molecule has 36 heavy (non-hydrogen) atoms. The molecule has 1 aromatic heterocycles. The van der Waals surface area contributed by atoms with Crippen molar-refractivity contribution in [2.45, 2.75) is 39.2 Å². The Morgan fingerprint density at radius 2 is 1.72 bits per heavy atom. The molecule has 2 N–H and O–H groups in total. The fraction of sp³-hybridized carbons (Fsp3) is 0.393. The average Bonchev–Trinajstić information content (AvgIpc) is 2.91. The molecule has 0 spiro atoms. The van der Waals surface area contributed by atoms with Crippen molar-refractivity contribution in [3.05, 3.63) is 72.1 Å². The number of Topliss-reactive ketones (excluding diaryl/α,β-unsaturated/α-hetero) is 1. The fourth-order valence-electron chi connectivity index (χ4n) is 4.08. The number of ketones is 1. The van der Waals surface area contributed by atoms with Gasteiger partial charge in [0.25, 0.3) is 5.91 Å². The third kappa shape index (κ3) is 7.86. The van der Waals surface area contributed by atoms with Gasteiger partial charge in [0.1, 0.15) is 0 Å². The van der Waals surface area contributed by atoms with Crippen molar-refractivity contribution in [2.75, 3.05) is 19.6 Å². The minimum Gasteiger partial charge on any atom is -0.349 e. The second-order valence-electron chi connectivity index (χ2n) is 9.27. The molecule has 0 radical (unpaired) electrons. The SMILES string of the molecule is CC(C)C(NC(=O)C1CCN(C(=O)C=Cc2ccccc2)CC1)C(=O)C(=O)NCCc1ccccn1. The maximum atomic E-state index is 12.9. The van der Waals surface area contributed by atoms with E-state index < -0.39 is 17.7 Å². The molecule has 3 amide bonds. The minimum atomic E-state index is -0.902. The number of pyridine rings is 1. The lowest BCUT2D eigenvalue weighted by molar-refractivity contribution is -0.141. The van der Waals surface area contributed by atoms with Gasteiger partial charge in [0.2, 0.25) is 17.6 Å². The predicted octanol–water partition coefficient (Wildman–Crippen LogP) is 2.40. The number of nitrogens with zero attached hydrogens (tertiary/aromatic N) is 2. The fourth-order valence-corrected chi connectivity index (χ4v) is 4.08. The van der Waals surface area contributed by atoms with E-state index in [1.807, 2.05) is 48.5 Å². The van der Waals surface area contributed by atoms with Crippen LogP contribution in [-0.2, 0) is 25.6 Å². The molecule has 8 heteroatoms. The quantitative estimate of drug-likeness (QED) is 0.393. The molecular formula is C28H34N4O4. The van der Waals surface area contributed by atoms with Crippen LogP contribution in [0.15, 0.2) is 60.8 Å². The summed E-state index contributed by atoms with van der Waals surface area (Å²) in [6, 6.07) is 14.2. The monoisotopic (exact) mass is 490 g/mol. The highest BCUT2D eigenvalue weighted by Crippen LogP contribution is 2.19. The first-order valence-electron chi connectivity index (χ1n) is 12.4. The smallest absolute Gasteiger partial charge is 0.289 e. The van der Waals surface area contributed by atoms with Crippen molar-refractivity contribution in [2.24, 2.45) is 11.8 Å². The molecule has 0 bridgehead atoms. The average molecular weight is 491 g/mol. The van der Waals surface area contributed by atoms with Crippen molar-refractivity contribution in [1.29, 1.82) is 0 Å². The van der Waals surface area contributed by atoms with Crippen molar-refractivity contribution >= 4 is 29.6 Å². The Labute approximate surface area is 212 Å². The van der Waals surface area contributed by atoms with Crippen LogP contribution in [0, 0.1) is 11.8 Å². The highest BCUT2D eigenvalue weighted by molar-refractivity contribution is 6.38.